The third kappa shape index (κ3) is 6.19. The van der Waals surface area contributed by atoms with Gasteiger partial charge in [-0.1, -0.05) is 59.3 Å². The first-order valence-electron chi connectivity index (χ1n) is 11.5. The van der Waals surface area contributed by atoms with Crippen molar-refractivity contribution < 1.29 is 9.53 Å². The highest BCUT2D eigenvalue weighted by molar-refractivity contribution is 7.98. The number of aryl methyl sites for hydroxylation is 2. The number of nitrogens with zero attached hydrogens (tertiary/aromatic N) is 3. The van der Waals surface area contributed by atoms with Crippen LogP contribution in [0.3, 0.4) is 0 Å². The lowest BCUT2D eigenvalue weighted by Gasteiger charge is -2.17. The summed E-state index contributed by atoms with van der Waals surface area (Å²) >= 11 is 7.76. The fourth-order valence-corrected chi connectivity index (χ4v) is 4.68. The maximum Gasteiger partial charge on any atom is 0.319 e. The molecule has 186 valence electrons. The molecule has 2 amide bonds. The summed E-state index contributed by atoms with van der Waals surface area (Å²) in [6, 6.07) is 20.7. The van der Waals surface area contributed by atoms with Crippen LogP contribution in [0.25, 0.3) is 5.69 Å². The van der Waals surface area contributed by atoms with Gasteiger partial charge < -0.3 is 15.4 Å². The summed E-state index contributed by atoms with van der Waals surface area (Å²) < 4.78 is 7.33. The van der Waals surface area contributed by atoms with E-state index < -0.39 is 6.04 Å². The fourth-order valence-electron chi connectivity index (χ4n) is 3.60. The van der Waals surface area contributed by atoms with Crippen molar-refractivity contribution in [3.05, 3.63) is 94.3 Å². The van der Waals surface area contributed by atoms with Gasteiger partial charge in [0.05, 0.1) is 13.2 Å². The summed E-state index contributed by atoms with van der Waals surface area (Å²) in [5.41, 5.74) is 4.75. The number of ether oxygens (including phenoxy) is 1. The molecule has 7 nitrogen and oxygen atoms in total. The molecule has 0 aliphatic rings. The number of methoxy groups -OCH3 is 1. The highest BCUT2D eigenvalue weighted by atomic mass is 35.5. The molecule has 4 aromatic rings. The zero-order valence-electron chi connectivity index (χ0n) is 20.6. The van der Waals surface area contributed by atoms with E-state index in [1.54, 1.807) is 24.9 Å². The Morgan fingerprint density at radius 1 is 1.08 bits per heavy atom. The maximum absolute atomic E-state index is 12.7. The molecule has 0 saturated heterocycles. The van der Waals surface area contributed by atoms with E-state index in [0.29, 0.717) is 22.3 Å². The zero-order chi connectivity index (χ0) is 25.7. The molecule has 1 unspecified atom stereocenters. The molecule has 36 heavy (non-hydrogen) atoms. The third-order valence-corrected chi connectivity index (χ3v) is 7.02. The van der Waals surface area contributed by atoms with Gasteiger partial charge in [-0.2, -0.15) is 0 Å². The van der Waals surface area contributed by atoms with Gasteiger partial charge in [0.1, 0.15) is 5.75 Å². The van der Waals surface area contributed by atoms with Gasteiger partial charge in [-0.15, -0.1) is 10.2 Å². The second kappa shape index (κ2) is 11.5. The van der Waals surface area contributed by atoms with Crippen LogP contribution in [0.5, 0.6) is 5.75 Å². The minimum Gasteiger partial charge on any atom is -0.497 e. The fraction of sp³-hybridized carbons (Fsp3) is 0.222. The highest BCUT2D eigenvalue weighted by Gasteiger charge is 2.21. The summed E-state index contributed by atoms with van der Waals surface area (Å²) in [5, 5.41) is 16.0. The number of rotatable bonds is 8. The highest BCUT2D eigenvalue weighted by Crippen LogP contribution is 2.29. The number of hydrogen-bond acceptors (Lipinski definition) is 5. The van der Waals surface area contributed by atoms with E-state index in [1.807, 2.05) is 79.9 Å². The molecule has 1 atom stereocenters. The molecule has 9 heteroatoms. The molecule has 3 aromatic carbocycles. The molecule has 0 saturated carbocycles. The second-order valence-corrected chi connectivity index (χ2v) is 9.79. The van der Waals surface area contributed by atoms with Crippen molar-refractivity contribution in [2.45, 2.75) is 37.7 Å². The first-order chi connectivity index (χ1) is 17.3. The van der Waals surface area contributed by atoms with Gasteiger partial charge in [-0.25, -0.2) is 4.79 Å². The number of thioether (sulfide) groups is 1. The van der Waals surface area contributed by atoms with Gasteiger partial charge in [0.2, 0.25) is 0 Å². The second-order valence-electron chi connectivity index (χ2n) is 8.44. The van der Waals surface area contributed by atoms with E-state index in [4.69, 9.17) is 16.3 Å². The zero-order valence-corrected chi connectivity index (χ0v) is 22.2. The van der Waals surface area contributed by atoms with Gasteiger partial charge in [-0.05, 0) is 68.3 Å². The molecule has 0 spiro atoms. The number of anilines is 1. The molecule has 0 aliphatic carbocycles. The number of carbonyl (C=O) groups is 1. The Morgan fingerprint density at radius 2 is 1.86 bits per heavy atom. The Hall–Kier alpha value is -3.49. The van der Waals surface area contributed by atoms with E-state index >= 15 is 0 Å². The minimum atomic E-state index is -0.411. The van der Waals surface area contributed by atoms with Crippen LogP contribution in [0.2, 0.25) is 5.02 Å². The SMILES string of the molecule is COc1cccc(CSc2nnc(C(C)NC(=O)Nc3ccc(C)c(Cl)c3)n2-c2ccc(C)cc2)c1. The first-order valence-corrected chi connectivity index (χ1v) is 12.8. The van der Waals surface area contributed by atoms with Crippen molar-refractivity contribution in [3.63, 3.8) is 0 Å². The predicted molar refractivity (Wildman–Crippen MR) is 145 cm³/mol. The van der Waals surface area contributed by atoms with E-state index in [1.165, 1.54) is 0 Å². The smallest absolute Gasteiger partial charge is 0.319 e. The normalized spacial score (nSPS) is 11.7. The Labute approximate surface area is 220 Å². The van der Waals surface area contributed by atoms with Crippen molar-refractivity contribution in [2.75, 3.05) is 12.4 Å². The number of hydrogen-bond donors (Lipinski definition) is 2. The van der Waals surface area contributed by atoms with Crippen molar-refractivity contribution in [1.29, 1.82) is 0 Å². The van der Waals surface area contributed by atoms with Crippen molar-refractivity contribution in [1.82, 2.24) is 20.1 Å². The average Bonchev–Trinajstić information content (AvgIpc) is 3.29. The number of carbonyl (C=O) groups excluding carboxylic acids is 1. The molecule has 2 N–H and O–H groups in total. The molecule has 0 radical (unpaired) electrons. The summed E-state index contributed by atoms with van der Waals surface area (Å²) in [6.07, 6.45) is 0. The van der Waals surface area contributed by atoms with Crippen LogP contribution in [0.4, 0.5) is 10.5 Å². The number of benzene rings is 3. The topological polar surface area (TPSA) is 81.1 Å². The van der Waals surface area contributed by atoms with Crippen LogP contribution in [0.15, 0.2) is 71.9 Å². The largest absolute Gasteiger partial charge is 0.497 e. The number of urea groups is 1. The number of halogens is 1. The quantitative estimate of drug-likeness (QED) is 0.251. The molecule has 4 rings (SSSR count). The van der Waals surface area contributed by atoms with Crippen LogP contribution in [0.1, 0.15) is 35.5 Å². The minimum absolute atomic E-state index is 0.355. The molecular formula is C27H28ClN5O2S. The van der Waals surface area contributed by atoms with Crippen LogP contribution < -0.4 is 15.4 Å². The van der Waals surface area contributed by atoms with Gasteiger partial charge in [0.15, 0.2) is 11.0 Å². The molecular weight excluding hydrogens is 494 g/mol. The van der Waals surface area contributed by atoms with Crippen LogP contribution in [0, 0.1) is 13.8 Å². The summed E-state index contributed by atoms with van der Waals surface area (Å²) in [7, 11) is 1.66. The lowest BCUT2D eigenvalue weighted by molar-refractivity contribution is 0.249. The number of amides is 2. The molecule has 0 bridgehead atoms. The van der Waals surface area contributed by atoms with E-state index in [9.17, 15) is 4.79 Å². The third-order valence-electron chi connectivity index (χ3n) is 5.62. The Kier molecular flexibility index (Phi) is 8.18. The average molecular weight is 522 g/mol. The predicted octanol–water partition coefficient (Wildman–Crippen LogP) is 6.72. The summed E-state index contributed by atoms with van der Waals surface area (Å²) in [6.45, 7) is 5.84. The Balaban J connectivity index is 1.56. The van der Waals surface area contributed by atoms with E-state index in [0.717, 1.165) is 33.3 Å². The standard InChI is InChI=1S/C27H28ClN5O2S/c1-17-8-12-22(13-9-17)33-25(19(3)29-26(34)30-21-11-10-18(2)24(28)15-21)31-32-27(33)36-16-20-6-5-7-23(14-20)35-4/h5-15,19H,16H2,1-4H3,(H2,29,30,34). The molecule has 0 aliphatic heterocycles. The van der Waals surface area contributed by atoms with Crippen LogP contribution in [-0.4, -0.2) is 27.9 Å². The van der Waals surface area contributed by atoms with Crippen LogP contribution >= 0.6 is 23.4 Å². The van der Waals surface area contributed by atoms with Crippen molar-refractivity contribution >= 4 is 35.1 Å². The number of aromatic nitrogens is 3. The summed E-state index contributed by atoms with van der Waals surface area (Å²) in [5.74, 6) is 2.13. The maximum atomic E-state index is 12.7. The summed E-state index contributed by atoms with van der Waals surface area (Å²) in [4.78, 5) is 12.7. The molecule has 1 heterocycles. The lowest BCUT2D eigenvalue weighted by Crippen LogP contribution is -2.32. The Bertz CT molecular complexity index is 1360. The van der Waals surface area contributed by atoms with E-state index in [-0.39, 0.29) is 6.03 Å². The van der Waals surface area contributed by atoms with Crippen molar-refractivity contribution in [2.24, 2.45) is 0 Å². The number of nitrogens with one attached hydrogen (secondary N) is 2. The van der Waals surface area contributed by atoms with E-state index in [2.05, 4.69) is 26.9 Å². The van der Waals surface area contributed by atoms with Crippen molar-refractivity contribution in [3.8, 4) is 11.4 Å². The molecule has 0 fully saturated rings. The first kappa shape index (κ1) is 25.6. The lowest BCUT2D eigenvalue weighted by atomic mass is 10.2. The van der Waals surface area contributed by atoms with Crippen LogP contribution in [-0.2, 0) is 5.75 Å². The monoisotopic (exact) mass is 521 g/mol. The van der Waals surface area contributed by atoms with Gasteiger partial charge in [0, 0.05) is 22.2 Å². The Morgan fingerprint density at radius 3 is 2.58 bits per heavy atom. The van der Waals surface area contributed by atoms with Gasteiger partial charge in [-0.3, -0.25) is 4.57 Å². The van der Waals surface area contributed by atoms with Gasteiger partial charge in [0.25, 0.3) is 0 Å². The van der Waals surface area contributed by atoms with Gasteiger partial charge >= 0.3 is 6.03 Å². The molecule has 1 aromatic heterocycles.